The van der Waals surface area contributed by atoms with Crippen molar-refractivity contribution in [3.63, 3.8) is 0 Å². The molecule has 2 aliphatic heterocycles. The Bertz CT molecular complexity index is 608. The molecule has 3 rings (SSSR count). The summed E-state index contributed by atoms with van der Waals surface area (Å²) in [5, 5.41) is 13.5. The third-order valence-electron chi connectivity index (χ3n) is 4.42. The quantitative estimate of drug-likeness (QED) is 0.732. The van der Waals surface area contributed by atoms with E-state index >= 15 is 0 Å². The standard InChI is InChI=1S/C17H23ClN2O4/c1-11(21)9-20-13(2-3-17(20)22)4-5-19-8-12-6-15-16(7-14(12)18)24-10-23-15/h6-7,11,13,19,21H,2-5,8-10H2,1H3/t11-,13-/m0/s1. The van der Waals surface area contributed by atoms with Crippen LogP contribution in [0, 0.1) is 0 Å². The maximum Gasteiger partial charge on any atom is 0.231 e. The molecule has 1 saturated heterocycles. The molecule has 0 aromatic heterocycles. The van der Waals surface area contributed by atoms with Gasteiger partial charge in [0.15, 0.2) is 11.5 Å². The topological polar surface area (TPSA) is 71.0 Å². The number of ether oxygens (including phenoxy) is 2. The highest BCUT2D eigenvalue weighted by molar-refractivity contribution is 6.31. The molecule has 1 aromatic rings. The molecule has 2 atom stereocenters. The highest BCUT2D eigenvalue weighted by Crippen LogP contribution is 2.36. The summed E-state index contributed by atoms with van der Waals surface area (Å²) in [6.07, 6.45) is 1.80. The van der Waals surface area contributed by atoms with Gasteiger partial charge in [-0.3, -0.25) is 4.79 Å². The molecular formula is C17H23ClN2O4. The van der Waals surface area contributed by atoms with Crippen molar-refractivity contribution >= 4 is 17.5 Å². The van der Waals surface area contributed by atoms with E-state index in [1.807, 2.05) is 6.07 Å². The van der Waals surface area contributed by atoms with Gasteiger partial charge in [0.25, 0.3) is 0 Å². The summed E-state index contributed by atoms with van der Waals surface area (Å²) < 4.78 is 10.7. The van der Waals surface area contributed by atoms with E-state index in [-0.39, 0.29) is 18.7 Å². The molecule has 0 unspecified atom stereocenters. The molecule has 2 aliphatic rings. The Morgan fingerprint density at radius 2 is 2.17 bits per heavy atom. The summed E-state index contributed by atoms with van der Waals surface area (Å²) in [5.74, 6) is 1.54. The number of amides is 1. The van der Waals surface area contributed by atoms with Crippen LogP contribution in [0.3, 0.4) is 0 Å². The molecule has 0 aliphatic carbocycles. The molecule has 0 bridgehead atoms. The van der Waals surface area contributed by atoms with Gasteiger partial charge >= 0.3 is 0 Å². The first-order valence-electron chi connectivity index (χ1n) is 8.31. The van der Waals surface area contributed by atoms with Gasteiger partial charge in [0, 0.05) is 36.6 Å². The molecule has 1 fully saturated rings. The number of halogens is 1. The van der Waals surface area contributed by atoms with E-state index in [0.717, 1.165) is 30.7 Å². The summed E-state index contributed by atoms with van der Waals surface area (Å²) in [4.78, 5) is 13.7. The number of β-amino-alcohol motifs (C(OH)–C–C–N with tert-alkyl or cyclic N) is 1. The molecule has 0 radical (unpaired) electrons. The summed E-state index contributed by atoms with van der Waals surface area (Å²) in [7, 11) is 0. The van der Waals surface area contributed by atoms with Crippen LogP contribution in [0.2, 0.25) is 5.02 Å². The minimum absolute atomic E-state index is 0.139. The lowest BCUT2D eigenvalue weighted by molar-refractivity contribution is -0.130. The fraction of sp³-hybridized carbons (Fsp3) is 0.588. The normalized spacial score (nSPS) is 20.7. The summed E-state index contributed by atoms with van der Waals surface area (Å²) in [6.45, 7) is 3.77. The zero-order valence-corrected chi connectivity index (χ0v) is 14.5. The van der Waals surface area contributed by atoms with Crippen LogP contribution in [0.5, 0.6) is 11.5 Å². The van der Waals surface area contributed by atoms with Crippen LogP contribution in [0.15, 0.2) is 12.1 Å². The molecule has 2 N–H and O–H groups in total. The van der Waals surface area contributed by atoms with E-state index in [4.69, 9.17) is 21.1 Å². The zero-order valence-electron chi connectivity index (χ0n) is 13.8. The van der Waals surface area contributed by atoms with Crippen LogP contribution in [0.4, 0.5) is 0 Å². The molecule has 0 saturated carbocycles. The van der Waals surface area contributed by atoms with Crippen LogP contribution in [0.25, 0.3) is 0 Å². The molecule has 1 amide bonds. The summed E-state index contributed by atoms with van der Waals surface area (Å²) in [5.41, 5.74) is 0.962. The van der Waals surface area contributed by atoms with Crippen molar-refractivity contribution in [3.8, 4) is 11.5 Å². The van der Waals surface area contributed by atoms with Crippen molar-refractivity contribution in [3.05, 3.63) is 22.7 Å². The number of hydrogen-bond donors (Lipinski definition) is 2. The second-order valence-electron chi connectivity index (χ2n) is 6.35. The van der Waals surface area contributed by atoms with E-state index in [1.54, 1.807) is 17.9 Å². The Balaban J connectivity index is 1.48. The van der Waals surface area contributed by atoms with E-state index < -0.39 is 6.10 Å². The number of likely N-dealkylation sites (tertiary alicyclic amines) is 1. The number of rotatable bonds is 7. The molecule has 0 spiro atoms. The minimum atomic E-state index is -0.491. The smallest absolute Gasteiger partial charge is 0.231 e. The SMILES string of the molecule is C[C@H](O)CN1C(=O)CC[C@H]1CCNCc1cc2c(cc1Cl)OCO2. The fourth-order valence-electron chi connectivity index (χ4n) is 3.22. The molecule has 1 aromatic carbocycles. The maximum atomic E-state index is 11.9. The van der Waals surface area contributed by atoms with Crippen molar-refractivity contribution in [1.29, 1.82) is 0 Å². The van der Waals surface area contributed by atoms with Gasteiger partial charge in [0.1, 0.15) is 0 Å². The van der Waals surface area contributed by atoms with Crippen LogP contribution in [0.1, 0.15) is 31.7 Å². The number of nitrogens with zero attached hydrogens (tertiary/aromatic N) is 1. The van der Waals surface area contributed by atoms with Crippen molar-refractivity contribution in [2.45, 2.75) is 44.9 Å². The average molecular weight is 355 g/mol. The number of aliphatic hydroxyl groups excluding tert-OH is 1. The third kappa shape index (κ3) is 3.94. The zero-order chi connectivity index (χ0) is 17.1. The number of aliphatic hydroxyl groups is 1. The largest absolute Gasteiger partial charge is 0.454 e. The number of carbonyl (C=O) groups is 1. The predicted molar refractivity (Wildman–Crippen MR) is 90.3 cm³/mol. The molecule has 2 heterocycles. The lowest BCUT2D eigenvalue weighted by Crippen LogP contribution is -2.39. The molecule has 132 valence electrons. The lowest BCUT2D eigenvalue weighted by atomic mass is 10.1. The average Bonchev–Trinajstić information content (AvgIpc) is 3.11. The number of fused-ring (bicyclic) bond motifs is 1. The summed E-state index contributed by atoms with van der Waals surface area (Å²) >= 11 is 6.26. The summed E-state index contributed by atoms with van der Waals surface area (Å²) in [6, 6.07) is 3.88. The number of hydrogen-bond acceptors (Lipinski definition) is 5. The lowest BCUT2D eigenvalue weighted by Gasteiger charge is -2.26. The highest BCUT2D eigenvalue weighted by atomic mass is 35.5. The molecule has 7 heteroatoms. The van der Waals surface area contributed by atoms with Gasteiger partial charge < -0.3 is 24.8 Å². The maximum absolute atomic E-state index is 11.9. The van der Waals surface area contributed by atoms with E-state index in [9.17, 15) is 9.90 Å². The first kappa shape index (κ1) is 17.3. The Labute approximate surface area is 146 Å². The van der Waals surface area contributed by atoms with Crippen molar-refractivity contribution in [2.75, 3.05) is 19.9 Å². The predicted octanol–water partition coefficient (Wildman–Crippen LogP) is 1.92. The van der Waals surface area contributed by atoms with Crippen molar-refractivity contribution < 1.29 is 19.4 Å². The number of carbonyl (C=O) groups excluding carboxylic acids is 1. The van der Waals surface area contributed by atoms with E-state index in [0.29, 0.717) is 30.3 Å². The Morgan fingerprint density at radius 1 is 1.42 bits per heavy atom. The Kier molecular flexibility index (Phi) is 5.48. The third-order valence-corrected chi connectivity index (χ3v) is 4.78. The second kappa shape index (κ2) is 7.59. The van der Waals surface area contributed by atoms with Crippen molar-refractivity contribution in [1.82, 2.24) is 10.2 Å². The Morgan fingerprint density at radius 3 is 2.92 bits per heavy atom. The fourth-order valence-corrected chi connectivity index (χ4v) is 3.44. The van der Waals surface area contributed by atoms with Gasteiger partial charge in [-0.2, -0.15) is 0 Å². The van der Waals surface area contributed by atoms with Crippen molar-refractivity contribution in [2.24, 2.45) is 0 Å². The van der Waals surface area contributed by atoms with Gasteiger partial charge in [0.2, 0.25) is 12.7 Å². The molecular weight excluding hydrogens is 332 g/mol. The van der Waals surface area contributed by atoms with Crippen LogP contribution < -0.4 is 14.8 Å². The van der Waals surface area contributed by atoms with Crippen LogP contribution in [-0.4, -0.2) is 47.9 Å². The number of nitrogens with one attached hydrogen (secondary N) is 1. The first-order chi connectivity index (χ1) is 11.5. The van der Waals surface area contributed by atoms with Gasteiger partial charge in [-0.25, -0.2) is 0 Å². The minimum Gasteiger partial charge on any atom is -0.454 e. The molecule has 6 nitrogen and oxygen atoms in total. The van der Waals surface area contributed by atoms with Crippen LogP contribution >= 0.6 is 11.6 Å². The van der Waals surface area contributed by atoms with Crippen LogP contribution in [-0.2, 0) is 11.3 Å². The van der Waals surface area contributed by atoms with Gasteiger partial charge in [-0.05, 0) is 37.9 Å². The molecule has 24 heavy (non-hydrogen) atoms. The Hall–Kier alpha value is -1.50. The highest BCUT2D eigenvalue weighted by Gasteiger charge is 2.30. The van der Waals surface area contributed by atoms with E-state index in [2.05, 4.69) is 5.32 Å². The van der Waals surface area contributed by atoms with E-state index in [1.165, 1.54) is 0 Å². The monoisotopic (exact) mass is 354 g/mol. The van der Waals surface area contributed by atoms with Gasteiger partial charge in [0.05, 0.1) is 6.10 Å². The first-order valence-corrected chi connectivity index (χ1v) is 8.68. The van der Waals surface area contributed by atoms with Gasteiger partial charge in [-0.1, -0.05) is 11.6 Å². The van der Waals surface area contributed by atoms with Gasteiger partial charge in [-0.15, -0.1) is 0 Å². The second-order valence-corrected chi connectivity index (χ2v) is 6.76. The number of benzene rings is 1.